The number of fused-ring (bicyclic) bond motifs is 1. The third-order valence-corrected chi connectivity index (χ3v) is 8.36. The van der Waals surface area contributed by atoms with Crippen molar-refractivity contribution in [2.75, 3.05) is 25.5 Å². The van der Waals surface area contributed by atoms with Gasteiger partial charge in [0, 0.05) is 25.3 Å². The number of ether oxygens (including phenoxy) is 1. The maximum atomic E-state index is 13.2. The Labute approximate surface area is 211 Å². The van der Waals surface area contributed by atoms with Gasteiger partial charge in [0.2, 0.25) is 15.9 Å². The highest BCUT2D eigenvalue weighted by molar-refractivity contribution is 7.89. The zero-order chi connectivity index (χ0) is 26.2. The van der Waals surface area contributed by atoms with Crippen molar-refractivity contribution in [1.82, 2.24) is 19.5 Å². The zero-order valence-electron chi connectivity index (χ0n) is 19.8. The van der Waals surface area contributed by atoms with Crippen molar-refractivity contribution in [3.8, 4) is 17.0 Å². The quantitative estimate of drug-likeness (QED) is 0.367. The van der Waals surface area contributed by atoms with E-state index in [1.165, 1.54) is 10.4 Å². The van der Waals surface area contributed by atoms with Crippen LogP contribution in [-0.4, -0.2) is 54.1 Å². The number of rotatable bonds is 6. The summed E-state index contributed by atoms with van der Waals surface area (Å²) in [5, 5.41) is 10.9. The molecule has 0 aliphatic carbocycles. The second kappa shape index (κ2) is 9.67. The fraction of sp³-hybridized carbons (Fsp3) is 0.280. The molecule has 2 N–H and O–H groups in total. The minimum Gasteiger partial charge on any atom is -0.480 e. The van der Waals surface area contributed by atoms with E-state index in [1.54, 1.807) is 31.4 Å². The van der Waals surface area contributed by atoms with Gasteiger partial charge in [-0.2, -0.15) is 17.5 Å². The van der Waals surface area contributed by atoms with Gasteiger partial charge in [-0.15, -0.1) is 5.10 Å². The first-order chi connectivity index (χ1) is 17.6. The van der Waals surface area contributed by atoms with E-state index < -0.39 is 21.8 Å². The van der Waals surface area contributed by atoms with Crippen LogP contribution in [0.1, 0.15) is 18.4 Å². The second-order valence-corrected chi connectivity index (χ2v) is 10.7. The van der Waals surface area contributed by atoms with Crippen molar-refractivity contribution in [1.29, 1.82) is 0 Å². The summed E-state index contributed by atoms with van der Waals surface area (Å²) in [5.41, 5.74) is 1.79. The Kier molecular flexibility index (Phi) is 6.54. The molecule has 5 rings (SSSR count). The van der Waals surface area contributed by atoms with Crippen LogP contribution < -0.4 is 10.1 Å². The molecule has 3 heterocycles. The predicted molar refractivity (Wildman–Crippen MR) is 133 cm³/mol. The average molecular weight is 532 g/mol. The number of nitrogens with one attached hydrogen (secondary N) is 2. The molecule has 12 heteroatoms. The number of halogens is 3. The third-order valence-electron chi connectivity index (χ3n) is 6.44. The van der Waals surface area contributed by atoms with Gasteiger partial charge in [0.25, 0.3) is 0 Å². The number of sulfonamides is 1. The molecular formula is C25H24F3N5O3S. The van der Waals surface area contributed by atoms with Crippen LogP contribution in [0.5, 0.6) is 5.88 Å². The van der Waals surface area contributed by atoms with E-state index in [4.69, 9.17) is 4.74 Å². The number of hydrogen-bond acceptors (Lipinski definition) is 6. The Hall–Kier alpha value is -3.64. The highest BCUT2D eigenvalue weighted by Gasteiger charge is 2.32. The topological polar surface area (TPSA) is 100 Å². The number of aromatic amines is 1. The molecule has 1 saturated heterocycles. The highest BCUT2D eigenvalue weighted by Crippen LogP contribution is 2.31. The smallest absolute Gasteiger partial charge is 0.417 e. The minimum atomic E-state index is -4.44. The maximum absolute atomic E-state index is 13.2. The normalized spacial score (nSPS) is 15.7. The number of anilines is 1. The SMILES string of the molecule is COc1n[nH]c2ccc(-c3ccc(S(=O)(=O)N4CCC(Nc5ccc(C(F)(F)F)cn5)CC4)cc3)cc12. The van der Waals surface area contributed by atoms with Crippen molar-refractivity contribution >= 4 is 26.7 Å². The molecule has 1 fully saturated rings. The molecule has 0 unspecified atom stereocenters. The summed E-state index contributed by atoms with van der Waals surface area (Å²) in [7, 11) is -2.14. The van der Waals surface area contributed by atoms with E-state index in [9.17, 15) is 21.6 Å². The van der Waals surface area contributed by atoms with Crippen molar-refractivity contribution in [3.05, 3.63) is 66.4 Å². The number of methoxy groups -OCH3 is 1. The van der Waals surface area contributed by atoms with Crippen LogP contribution in [-0.2, 0) is 16.2 Å². The molecule has 0 radical (unpaired) electrons. The summed E-state index contributed by atoms with van der Waals surface area (Å²) >= 11 is 0. The molecule has 0 spiro atoms. The molecule has 1 aliphatic heterocycles. The highest BCUT2D eigenvalue weighted by atomic mass is 32.2. The summed E-state index contributed by atoms with van der Waals surface area (Å²) < 4.78 is 71.3. The number of hydrogen-bond donors (Lipinski definition) is 2. The van der Waals surface area contributed by atoms with Gasteiger partial charge in [0.1, 0.15) is 5.82 Å². The molecular weight excluding hydrogens is 507 g/mol. The molecule has 0 saturated carbocycles. The van der Waals surface area contributed by atoms with Gasteiger partial charge in [0.15, 0.2) is 0 Å². The Morgan fingerprint density at radius 2 is 1.73 bits per heavy atom. The Morgan fingerprint density at radius 3 is 2.35 bits per heavy atom. The van der Waals surface area contributed by atoms with E-state index in [-0.39, 0.29) is 10.9 Å². The van der Waals surface area contributed by atoms with Crippen LogP contribution in [0.2, 0.25) is 0 Å². The van der Waals surface area contributed by atoms with Gasteiger partial charge in [-0.25, -0.2) is 13.4 Å². The van der Waals surface area contributed by atoms with E-state index in [0.29, 0.717) is 37.6 Å². The lowest BCUT2D eigenvalue weighted by molar-refractivity contribution is -0.137. The molecule has 8 nitrogen and oxygen atoms in total. The number of H-pyrrole nitrogens is 1. The largest absolute Gasteiger partial charge is 0.480 e. The summed E-state index contributed by atoms with van der Waals surface area (Å²) in [6, 6.07) is 14.6. The average Bonchev–Trinajstić information content (AvgIpc) is 3.31. The fourth-order valence-corrected chi connectivity index (χ4v) is 5.86. The van der Waals surface area contributed by atoms with Gasteiger partial charge in [-0.05, 0) is 60.4 Å². The first-order valence-electron chi connectivity index (χ1n) is 11.6. The Morgan fingerprint density at radius 1 is 1.03 bits per heavy atom. The molecule has 2 aromatic heterocycles. The molecule has 194 valence electrons. The van der Waals surface area contributed by atoms with Gasteiger partial charge >= 0.3 is 6.18 Å². The number of nitrogens with zero attached hydrogens (tertiary/aromatic N) is 3. The fourth-order valence-electron chi connectivity index (χ4n) is 4.39. The van der Waals surface area contributed by atoms with E-state index >= 15 is 0 Å². The second-order valence-electron chi connectivity index (χ2n) is 8.77. The summed E-state index contributed by atoms with van der Waals surface area (Å²) in [6.07, 6.45) is -2.64. The lowest BCUT2D eigenvalue weighted by Crippen LogP contribution is -2.42. The van der Waals surface area contributed by atoms with Gasteiger partial charge in [-0.1, -0.05) is 18.2 Å². The third kappa shape index (κ3) is 5.12. The lowest BCUT2D eigenvalue weighted by atomic mass is 10.0. The predicted octanol–water partition coefficient (Wildman–Crippen LogP) is 4.92. The number of pyridine rings is 1. The molecule has 37 heavy (non-hydrogen) atoms. The van der Waals surface area contributed by atoms with E-state index in [2.05, 4.69) is 20.5 Å². The standard InChI is InChI=1S/C25H24F3N5O3S/c1-36-24-21-14-17(4-8-22(21)31-32-24)16-2-6-20(7-3-16)37(34,35)33-12-10-19(11-13-33)30-23-9-5-18(15-29-23)25(26,27)28/h2-9,14-15,19H,10-13H2,1H3,(H,29,30)(H,31,32). The summed E-state index contributed by atoms with van der Waals surface area (Å²) in [4.78, 5) is 4.04. The van der Waals surface area contributed by atoms with Crippen LogP contribution in [0, 0.1) is 0 Å². The molecule has 0 bridgehead atoms. The molecule has 2 aromatic carbocycles. The van der Waals surface area contributed by atoms with E-state index in [1.807, 2.05) is 18.2 Å². The summed E-state index contributed by atoms with van der Waals surface area (Å²) in [6.45, 7) is 0.582. The van der Waals surface area contributed by atoms with Crippen LogP contribution in [0.15, 0.2) is 65.7 Å². The molecule has 4 aromatic rings. The summed E-state index contributed by atoms with van der Waals surface area (Å²) in [5.74, 6) is 0.819. The van der Waals surface area contributed by atoms with Gasteiger partial charge in [-0.3, -0.25) is 5.10 Å². The van der Waals surface area contributed by atoms with Crippen molar-refractivity contribution < 1.29 is 26.3 Å². The zero-order valence-corrected chi connectivity index (χ0v) is 20.6. The molecule has 0 atom stereocenters. The lowest BCUT2D eigenvalue weighted by Gasteiger charge is -2.32. The van der Waals surface area contributed by atoms with Crippen LogP contribution in [0.4, 0.5) is 19.0 Å². The van der Waals surface area contributed by atoms with Crippen molar-refractivity contribution in [2.24, 2.45) is 0 Å². The first-order valence-corrected chi connectivity index (χ1v) is 13.0. The number of alkyl halides is 3. The number of benzene rings is 2. The molecule has 0 amide bonds. The van der Waals surface area contributed by atoms with Gasteiger partial charge in [0.05, 0.1) is 28.5 Å². The van der Waals surface area contributed by atoms with Crippen LogP contribution >= 0.6 is 0 Å². The maximum Gasteiger partial charge on any atom is 0.417 e. The van der Waals surface area contributed by atoms with Crippen molar-refractivity contribution in [2.45, 2.75) is 30.0 Å². The first kappa shape index (κ1) is 25.0. The van der Waals surface area contributed by atoms with Crippen LogP contribution in [0.3, 0.4) is 0 Å². The molecule has 1 aliphatic rings. The Balaban J connectivity index is 1.23. The van der Waals surface area contributed by atoms with Crippen LogP contribution in [0.25, 0.3) is 22.0 Å². The Bertz CT molecular complexity index is 1500. The number of aromatic nitrogens is 3. The van der Waals surface area contributed by atoms with E-state index in [0.717, 1.165) is 34.3 Å². The monoisotopic (exact) mass is 531 g/mol. The van der Waals surface area contributed by atoms with Crippen molar-refractivity contribution in [3.63, 3.8) is 0 Å². The number of piperidine rings is 1. The minimum absolute atomic E-state index is 0.0899. The van der Waals surface area contributed by atoms with Gasteiger partial charge < -0.3 is 10.1 Å².